The lowest BCUT2D eigenvalue weighted by atomic mass is 9.84. The minimum Gasteiger partial charge on any atom is -0.416 e. The molecule has 0 unspecified atom stereocenters. The minimum atomic E-state index is -1.43. The summed E-state index contributed by atoms with van der Waals surface area (Å²) in [5.74, 6) is 1.29. The molecule has 17 heavy (non-hydrogen) atoms. The molecule has 0 amide bonds. The molecule has 90 valence electrons. The molecule has 1 aliphatic carbocycles. The second kappa shape index (κ2) is 4.11. The van der Waals surface area contributed by atoms with Crippen molar-refractivity contribution in [3.63, 3.8) is 0 Å². The van der Waals surface area contributed by atoms with Gasteiger partial charge in [-0.15, -0.1) is 0 Å². The second-order valence-corrected chi connectivity index (χ2v) is 10.1. The summed E-state index contributed by atoms with van der Waals surface area (Å²) in [6.45, 7) is 5.71. The Balaban J connectivity index is 1.86. The van der Waals surface area contributed by atoms with Crippen LogP contribution in [0.2, 0.25) is 18.6 Å². The van der Waals surface area contributed by atoms with E-state index in [1.165, 1.54) is 12.0 Å². The van der Waals surface area contributed by atoms with E-state index in [0.29, 0.717) is 11.8 Å². The first-order valence-electron chi connectivity index (χ1n) is 6.54. The Hall–Kier alpha value is -0.863. The Morgan fingerprint density at radius 3 is 2.65 bits per heavy atom. The van der Waals surface area contributed by atoms with Gasteiger partial charge in [0, 0.05) is 18.4 Å². The Morgan fingerprint density at radius 2 is 1.88 bits per heavy atom. The zero-order chi connectivity index (χ0) is 11.9. The molecule has 1 aliphatic heterocycles. The minimum absolute atomic E-state index is 0.603. The van der Waals surface area contributed by atoms with Crippen molar-refractivity contribution >= 4 is 8.32 Å². The van der Waals surface area contributed by atoms with E-state index in [4.69, 9.17) is 4.43 Å². The third kappa shape index (κ3) is 2.00. The van der Waals surface area contributed by atoms with Gasteiger partial charge < -0.3 is 4.43 Å². The molecule has 0 aromatic heterocycles. The van der Waals surface area contributed by atoms with Crippen molar-refractivity contribution in [1.82, 2.24) is 0 Å². The summed E-state index contributed by atoms with van der Waals surface area (Å²) in [4.78, 5) is 0. The highest BCUT2D eigenvalue weighted by Gasteiger charge is 2.46. The summed E-state index contributed by atoms with van der Waals surface area (Å²) in [6.07, 6.45) is 6.09. The van der Waals surface area contributed by atoms with Crippen LogP contribution in [0.5, 0.6) is 0 Å². The lowest BCUT2D eigenvalue weighted by Gasteiger charge is -2.31. The third-order valence-electron chi connectivity index (χ3n) is 4.38. The standard InChI is InChI=1S/C15H20OSi/c1-17(2)15-10-13(8-9-14(15)11-16-17)12-6-4-3-5-7-12/h3-9,13-15H,10-11H2,1-2H3/t13-,14-,15+/m1/s1. The molecule has 1 saturated heterocycles. The molecule has 1 aromatic rings. The average Bonchev–Trinajstić information content (AvgIpc) is 2.66. The number of hydrogen-bond donors (Lipinski definition) is 0. The maximum Gasteiger partial charge on any atom is 0.190 e. The van der Waals surface area contributed by atoms with Gasteiger partial charge in [-0.3, -0.25) is 0 Å². The van der Waals surface area contributed by atoms with Crippen LogP contribution in [0.1, 0.15) is 17.9 Å². The van der Waals surface area contributed by atoms with Gasteiger partial charge in [-0.05, 0) is 30.6 Å². The van der Waals surface area contributed by atoms with Gasteiger partial charge in [0.1, 0.15) is 0 Å². The molecule has 2 heteroatoms. The van der Waals surface area contributed by atoms with E-state index in [0.717, 1.165) is 12.1 Å². The summed E-state index contributed by atoms with van der Waals surface area (Å²) < 4.78 is 6.06. The highest BCUT2D eigenvalue weighted by atomic mass is 28.4. The number of benzene rings is 1. The van der Waals surface area contributed by atoms with Crippen LogP contribution in [-0.2, 0) is 4.43 Å². The topological polar surface area (TPSA) is 9.23 Å². The molecule has 3 atom stereocenters. The van der Waals surface area contributed by atoms with Gasteiger partial charge in [-0.2, -0.15) is 0 Å². The van der Waals surface area contributed by atoms with E-state index in [1.807, 2.05) is 0 Å². The zero-order valence-electron chi connectivity index (χ0n) is 10.6. The smallest absolute Gasteiger partial charge is 0.190 e. The van der Waals surface area contributed by atoms with Crippen molar-refractivity contribution < 1.29 is 4.43 Å². The van der Waals surface area contributed by atoms with Gasteiger partial charge in [0.25, 0.3) is 0 Å². The van der Waals surface area contributed by atoms with E-state index in [9.17, 15) is 0 Å². The molecule has 0 spiro atoms. The quantitative estimate of drug-likeness (QED) is 0.537. The summed E-state index contributed by atoms with van der Waals surface area (Å²) >= 11 is 0. The Bertz CT molecular complexity index is 424. The fourth-order valence-electron chi connectivity index (χ4n) is 3.27. The number of fused-ring (bicyclic) bond motifs is 1. The summed E-state index contributed by atoms with van der Waals surface area (Å²) in [5, 5.41) is 0. The van der Waals surface area contributed by atoms with Crippen LogP contribution in [0.25, 0.3) is 0 Å². The molecule has 0 radical (unpaired) electrons. The van der Waals surface area contributed by atoms with E-state index in [2.05, 4.69) is 55.6 Å². The number of rotatable bonds is 1. The molecule has 3 rings (SSSR count). The SMILES string of the molecule is C[Si]1(C)OC[C@H]2C=C[C@@H](c3ccccc3)C[C@@H]21. The lowest BCUT2D eigenvalue weighted by molar-refractivity contribution is 0.321. The van der Waals surface area contributed by atoms with Crippen LogP contribution in [0.3, 0.4) is 0 Å². The van der Waals surface area contributed by atoms with Crippen LogP contribution in [0, 0.1) is 5.92 Å². The first-order chi connectivity index (χ1) is 8.17. The van der Waals surface area contributed by atoms with Crippen molar-refractivity contribution in [2.24, 2.45) is 5.92 Å². The molecular formula is C15H20OSi. The maximum absolute atomic E-state index is 6.06. The van der Waals surface area contributed by atoms with Gasteiger partial charge in [0.05, 0.1) is 0 Å². The van der Waals surface area contributed by atoms with Crippen molar-refractivity contribution in [2.45, 2.75) is 31.0 Å². The molecule has 1 fully saturated rings. The molecule has 0 bridgehead atoms. The zero-order valence-corrected chi connectivity index (χ0v) is 11.6. The second-order valence-electron chi connectivity index (χ2n) is 5.82. The van der Waals surface area contributed by atoms with Gasteiger partial charge in [0.2, 0.25) is 0 Å². The number of hydrogen-bond acceptors (Lipinski definition) is 1. The lowest BCUT2D eigenvalue weighted by Crippen LogP contribution is -2.33. The molecule has 0 N–H and O–H groups in total. The van der Waals surface area contributed by atoms with Crippen LogP contribution in [-0.4, -0.2) is 14.9 Å². The summed E-state index contributed by atoms with van der Waals surface area (Å²) in [5.41, 5.74) is 2.26. The molecule has 0 saturated carbocycles. The van der Waals surface area contributed by atoms with E-state index in [-0.39, 0.29) is 0 Å². The van der Waals surface area contributed by atoms with Gasteiger partial charge in [-0.1, -0.05) is 42.5 Å². The summed E-state index contributed by atoms with van der Waals surface area (Å²) in [7, 11) is -1.43. The molecule has 1 heterocycles. The molecular weight excluding hydrogens is 224 g/mol. The predicted octanol–water partition coefficient (Wildman–Crippen LogP) is 3.95. The first kappa shape index (κ1) is 11.2. The van der Waals surface area contributed by atoms with Gasteiger partial charge >= 0.3 is 0 Å². The highest BCUT2D eigenvalue weighted by Crippen LogP contribution is 2.48. The Morgan fingerprint density at radius 1 is 1.12 bits per heavy atom. The Labute approximate surface area is 105 Å². The van der Waals surface area contributed by atoms with Gasteiger partial charge in [-0.25, -0.2) is 0 Å². The predicted molar refractivity (Wildman–Crippen MR) is 73.6 cm³/mol. The van der Waals surface area contributed by atoms with Crippen LogP contribution >= 0.6 is 0 Å². The largest absolute Gasteiger partial charge is 0.416 e. The highest BCUT2D eigenvalue weighted by molar-refractivity contribution is 6.73. The molecule has 1 aromatic carbocycles. The van der Waals surface area contributed by atoms with E-state index >= 15 is 0 Å². The van der Waals surface area contributed by atoms with Crippen molar-refractivity contribution in [3.05, 3.63) is 48.0 Å². The Kier molecular flexibility index (Phi) is 2.72. The van der Waals surface area contributed by atoms with Crippen LogP contribution in [0.4, 0.5) is 0 Å². The maximum atomic E-state index is 6.06. The molecule has 1 nitrogen and oxygen atoms in total. The van der Waals surface area contributed by atoms with Crippen molar-refractivity contribution in [1.29, 1.82) is 0 Å². The van der Waals surface area contributed by atoms with Crippen LogP contribution in [0.15, 0.2) is 42.5 Å². The average molecular weight is 244 g/mol. The fraction of sp³-hybridized carbons (Fsp3) is 0.467. The van der Waals surface area contributed by atoms with Crippen molar-refractivity contribution in [3.8, 4) is 0 Å². The first-order valence-corrected chi connectivity index (χ1v) is 9.52. The normalized spacial score (nSPS) is 34.6. The van der Waals surface area contributed by atoms with E-state index < -0.39 is 8.32 Å². The fourth-order valence-corrected chi connectivity index (χ4v) is 6.17. The monoisotopic (exact) mass is 244 g/mol. The van der Waals surface area contributed by atoms with Gasteiger partial charge in [0.15, 0.2) is 8.32 Å². The van der Waals surface area contributed by atoms with Crippen LogP contribution < -0.4 is 0 Å². The van der Waals surface area contributed by atoms with Crippen molar-refractivity contribution in [2.75, 3.05) is 6.61 Å². The van der Waals surface area contributed by atoms with E-state index in [1.54, 1.807) is 0 Å². The third-order valence-corrected chi connectivity index (χ3v) is 7.74. The number of allylic oxidation sites excluding steroid dienone is 1. The molecule has 2 aliphatic rings. The summed E-state index contributed by atoms with van der Waals surface area (Å²) in [6, 6.07) is 10.9.